The van der Waals surface area contributed by atoms with Crippen LogP contribution in [-0.2, 0) is 11.2 Å². The quantitative estimate of drug-likeness (QED) is 0.800. The number of carbonyl (C=O) groups is 1. The summed E-state index contributed by atoms with van der Waals surface area (Å²) in [5.74, 6) is -1.29. The molecule has 1 aromatic rings. The van der Waals surface area contributed by atoms with Gasteiger partial charge < -0.3 is 14.6 Å². The van der Waals surface area contributed by atoms with Crippen LogP contribution in [0, 0.1) is 5.82 Å². The number of carboxylic acids is 1. The number of ether oxygens (including phenoxy) is 2. The average Bonchev–Trinajstić information content (AvgIpc) is 2.22. The van der Waals surface area contributed by atoms with Crippen molar-refractivity contribution in [1.29, 1.82) is 0 Å². The van der Waals surface area contributed by atoms with Gasteiger partial charge in [0.25, 0.3) is 0 Å². The monoisotopic (exact) mass is 212 g/mol. The number of benzene rings is 1. The number of rotatable bonds is 2. The lowest BCUT2D eigenvalue weighted by atomic mass is 10.1. The number of halogens is 1. The van der Waals surface area contributed by atoms with Gasteiger partial charge in [0.2, 0.25) is 0 Å². The maximum absolute atomic E-state index is 13.2. The van der Waals surface area contributed by atoms with Gasteiger partial charge in [0.1, 0.15) is 13.2 Å². The molecule has 0 saturated heterocycles. The van der Waals surface area contributed by atoms with Crippen molar-refractivity contribution in [1.82, 2.24) is 0 Å². The maximum atomic E-state index is 13.2. The van der Waals surface area contributed by atoms with Crippen molar-refractivity contribution < 1.29 is 23.8 Å². The molecule has 0 radical (unpaired) electrons. The maximum Gasteiger partial charge on any atom is 0.307 e. The molecule has 0 aliphatic carbocycles. The van der Waals surface area contributed by atoms with Crippen molar-refractivity contribution in [2.24, 2.45) is 0 Å². The zero-order valence-corrected chi connectivity index (χ0v) is 7.83. The molecule has 1 heterocycles. The summed E-state index contributed by atoms with van der Waals surface area (Å²) in [5, 5.41) is 8.65. The third-order valence-corrected chi connectivity index (χ3v) is 2.06. The zero-order chi connectivity index (χ0) is 10.8. The minimum atomic E-state index is -0.988. The largest absolute Gasteiger partial charge is 0.486 e. The lowest BCUT2D eigenvalue weighted by molar-refractivity contribution is -0.136. The van der Waals surface area contributed by atoms with Crippen LogP contribution in [0.3, 0.4) is 0 Å². The van der Waals surface area contributed by atoms with E-state index in [4.69, 9.17) is 14.6 Å². The summed E-state index contributed by atoms with van der Waals surface area (Å²) in [5.41, 5.74) is 0.429. The highest BCUT2D eigenvalue weighted by Gasteiger charge is 2.21. The average molecular weight is 212 g/mol. The van der Waals surface area contributed by atoms with E-state index in [1.807, 2.05) is 0 Å². The summed E-state index contributed by atoms with van der Waals surface area (Å²) >= 11 is 0. The minimum absolute atomic E-state index is 0.0139. The van der Waals surface area contributed by atoms with E-state index in [9.17, 15) is 9.18 Å². The molecule has 0 atom stereocenters. The van der Waals surface area contributed by atoms with Gasteiger partial charge in [-0.2, -0.15) is 0 Å². The second kappa shape index (κ2) is 3.76. The Kier molecular flexibility index (Phi) is 2.45. The Labute approximate surface area is 85.2 Å². The Morgan fingerprint density at radius 2 is 2.00 bits per heavy atom. The van der Waals surface area contributed by atoms with Crippen molar-refractivity contribution in [3.05, 3.63) is 23.5 Å². The molecule has 1 aliphatic heterocycles. The number of aliphatic carboxylic acids is 1. The first kappa shape index (κ1) is 9.76. The van der Waals surface area contributed by atoms with E-state index in [0.717, 1.165) is 0 Å². The van der Waals surface area contributed by atoms with E-state index >= 15 is 0 Å². The Hall–Kier alpha value is -1.78. The van der Waals surface area contributed by atoms with E-state index in [-0.39, 0.29) is 24.5 Å². The van der Waals surface area contributed by atoms with Gasteiger partial charge in [-0.05, 0) is 6.07 Å². The van der Waals surface area contributed by atoms with E-state index < -0.39 is 11.8 Å². The minimum Gasteiger partial charge on any atom is -0.486 e. The van der Waals surface area contributed by atoms with Crippen molar-refractivity contribution >= 4 is 5.97 Å². The normalized spacial score (nSPS) is 13.7. The van der Waals surface area contributed by atoms with Crippen LogP contribution in [0.4, 0.5) is 4.39 Å². The standard InChI is InChI=1S/C10H9FO4/c11-7-2-1-6(5-8(12)13)9-10(7)15-4-3-14-9/h1-2H,3-5H2,(H,12,13). The second-order valence-corrected chi connectivity index (χ2v) is 3.13. The first-order valence-electron chi connectivity index (χ1n) is 4.47. The van der Waals surface area contributed by atoms with Crippen LogP contribution < -0.4 is 9.47 Å². The summed E-state index contributed by atoms with van der Waals surface area (Å²) in [6.07, 6.45) is -0.202. The molecule has 0 amide bonds. The second-order valence-electron chi connectivity index (χ2n) is 3.13. The number of hydrogen-bond donors (Lipinski definition) is 1. The molecule has 1 aromatic carbocycles. The molecule has 0 bridgehead atoms. The number of hydrogen-bond acceptors (Lipinski definition) is 3. The molecule has 2 rings (SSSR count). The van der Waals surface area contributed by atoms with Gasteiger partial charge in [0.15, 0.2) is 17.3 Å². The lowest BCUT2D eigenvalue weighted by Gasteiger charge is -2.20. The highest BCUT2D eigenvalue weighted by atomic mass is 19.1. The first-order chi connectivity index (χ1) is 7.18. The fraction of sp³-hybridized carbons (Fsp3) is 0.300. The Morgan fingerprint density at radius 3 is 2.67 bits per heavy atom. The molecule has 80 valence electrons. The highest BCUT2D eigenvalue weighted by molar-refractivity contribution is 5.72. The van der Waals surface area contributed by atoms with Crippen LogP contribution in [0.2, 0.25) is 0 Å². The van der Waals surface area contributed by atoms with Crippen molar-refractivity contribution in [3.8, 4) is 11.5 Å². The van der Waals surface area contributed by atoms with Gasteiger partial charge in [-0.1, -0.05) is 6.07 Å². The molecule has 4 nitrogen and oxygen atoms in total. The summed E-state index contributed by atoms with van der Waals surface area (Å²) in [4.78, 5) is 10.5. The first-order valence-corrected chi connectivity index (χ1v) is 4.47. The van der Waals surface area contributed by atoms with E-state index in [1.54, 1.807) is 0 Å². The topological polar surface area (TPSA) is 55.8 Å². The summed E-state index contributed by atoms with van der Waals surface area (Å²) in [6.45, 7) is 0.587. The van der Waals surface area contributed by atoms with Crippen molar-refractivity contribution in [2.75, 3.05) is 13.2 Å². The van der Waals surface area contributed by atoms with E-state index in [2.05, 4.69) is 0 Å². The Bertz CT molecular complexity index is 403. The molecule has 15 heavy (non-hydrogen) atoms. The molecule has 0 aromatic heterocycles. The van der Waals surface area contributed by atoms with Crippen LogP contribution >= 0.6 is 0 Å². The fourth-order valence-corrected chi connectivity index (χ4v) is 1.46. The molecule has 0 fully saturated rings. The van der Waals surface area contributed by atoms with E-state index in [0.29, 0.717) is 12.2 Å². The van der Waals surface area contributed by atoms with Crippen molar-refractivity contribution in [3.63, 3.8) is 0 Å². The molecule has 0 unspecified atom stereocenters. The van der Waals surface area contributed by atoms with Crippen LogP contribution in [0.15, 0.2) is 12.1 Å². The van der Waals surface area contributed by atoms with Gasteiger partial charge in [-0.25, -0.2) is 4.39 Å². The predicted molar refractivity (Wildman–Crippen MR) is 48.7 cm³/mol. The molecule has 0 saturated carbocycles. The SMILES string of the molecule is O=C(O)Cc1ccc(F)c2c1OCCO2. The van der Waals surface area contributed by atoms with Crippen LogP contribution in [0.25, 0.3) is 0 Å². The number of fused-ring (bicyclic) bond motifs is 1. The van der Waals surface area contributed by atoms with Crippen LogP contribution in [0.1, 0.15) is 5.56 Å². The van der Waals surface area contributed by atoms with Gasteiger partial charge >= 0.3 is 5.97 Å². The van der Waals surface area contributed by atoms with Gasteiger partial charge in [-0.15, -0.1) is 0 Å². The molecule has 0 spiro atoms. The Morgan fingerprint density at radius 1 is 1.33 bits per heavy atom. The zero-order valence-electron chi connectivity index (χ0n) is 7.83. The van der Waals surface area contributed by atoms with Crippen molar-refractivity contribution in [2.45, 2.75) is 6.42 Å². The van der Waals surface area contributed by atoms with Gasteiger partial charge in [0, 0.05) is 5.56 Å². The molecular formula is C10H9FO4. The molecule has 1 N–H and O–H groups in total. The lowest BCUT2D eigenvalue weighted by Crippen LogP contribution is -2.18. The summed E-state index contributed by atoms with van der Waals surface area (Å²) < 4.78 is 23.5. The molecule has 5 heteroatoms. The summed E-state index contributed by atoms with van der Waals surface area (Å²) in [6, 6.07) is 2.59. The third-order valence-electron chi connectivity index (χ3n) is 2.06. The Balaban J connectivity index is 2.43. The van der Waals surface area contributed by atoms with Crippen LogP contribution in [0.5, 0.6) is 11.5 Å². The predicted octanol–water partition coefficient (Wildman–Crippen LogP) is 1.22. The van der Waals surface area contributed by atoms with Crippen LogP contribution in [-0.4, -0.2) is 24.3 Å². The molecule has 1 aliphatic rings. The van der Waals surface area contributed by atoms with Gasteiger partial charge in [0.05, 0.1) is 6.42 Å². The number of carboxylic acid groups (broad SMARTS) is 1. The highest BCUT2D eigenvalue weighted by Crippen LogP contribution is 2.36. The fourth-order valence-electron chi connectivity index (χ4n) is 1.46. The smallest absolute Gasteiger partial charge is 0.307 e. The summed E-state index contributed by atoms with van der Waals surface area (Å²) in [7, 11) is 0. The van der Waals surface area contributed by atoms with E-state index in [1.165, 1.54) is 12.1 Å². The van der Waals surface area contributed by atoms with Gasteiger partial charge in [-0.3, -0.25) is 4.79 Å². The third kappa shape index (κ3) is 1.86. The molecular weight excluding hydrogens is 203 g/mol.